The van der Waals surface area contributed by atoms with Crippen LogP contribution in [0.25, 0.3) is 0 Å². The summed E-state index contributed by atoms with van der Waals surface area (Å²) in [4.78, 5) is 11.1. The highest BCUT2D eigenvalue weighted by Crippen LogP contribution is 2.29. The number of allylic oxidation sites excluding steroid dienone is 1. The monoisotopic (exact) mass is 234 g/mol. The number of phenols is 1. The Morgan fingerprint density at radius 3 is 2.76 bits per heavy atom. The van der Waals surface area contributed by atoms with E-state index < -0.39 is 5.97 Å². The normalized spacial score (nSPS) is 12.1. The molecule has 1 aromatic carbocycles. The predicted octanol–water partition coefficient (Wildman–Crippen LogP) is 3.55. The molecule has 0 heterocycles. The summed E-state index contributed by atoms with van der Waals surface area (Å²) < 4.78 is 0. The molecule has 0 aliphatic carbocycles. The number of carbonyl (C=O) groups is 1. The van der Waals surface area contributed by atoms with Gasteiger partial charge in [-0.3, -0.25) is 0 Å². The Morgan fingerprint density at radius 1 is 1.53 bits per heavy atom. The van der Waals surface area contributed by atoms with Crippen molar-refractivity contribution in [1.82, 2.24) is 0 Å². The fourth-order valence-electron chi connectivity index (χ4n) is 1.88. The highest BCUT2D eigenvalue weighted by molar-refractivity contribution is 5.90. The number of carboxylic acid groups (broad SMARTS) is 1. The molecule has 92 valence electrons. The van der Waals surface area contributed by atoms with Crippen molar-refractivity contribution in [3.63, 3.8) is 0 Å². The van der Waals surface area contributed by atoms with E-state index in [0.717, 1.165) is 19.3 Å². The topological polar surface area (TPSA) is 57.5 Å². The molecular weight excluding hydrogens is 216 g/mol. The summed E-state index contributed by atoms with van der Waals surface area (Å²) in [6.07, 6.45) is 4.65. The number of hydrogen-bond acceptors (Lipinski definition) is 2. The summed E-state index contributed by atoms with van der Waals surface area (Å²) >= 11 is 0. The zero-order chi connectivity index (χ0) is 12.8. The first-order valence-corrected chi connectivity index (χ1v) is 5.78. The Kier molecular flexibility index (Phi) is 4.76. The van der Waals surface area contributed by atoms with Crippen LogP contribution in [-0.2, 0) is 0 Å². The van der Waals surface area contributed by atoms with E-state index in [4.69, 9.17) is 5.11 Å². The lowest BCUT2D eigenvalue weighted by Gasteiger charge is -2.15. The van der Waals surface area contributed by atoms with E-state index in [2.05, 4.69) is 13.5 Å². The van der Waals surface area contributed by atoms with E-state index in [9.17, 15) is 9.90 Å². The number of aromatic carboxylic acids is 1. The van der Waals surface area contributed by atoms with E-state index in [1.165, 1.54) is 18.2 Å². The first-order valence-electron chi connectivity index (χ1n) is 5.78. The highest BCUT2D eigenvalue weighted by atomic mass is 16.4. The van der Waals surface area contributed by atoms with Gasteiger partial charge in [-0.2, -0.15) is 0 Å². The molecule has 0 saturated carbocycles. The summed E-state index contributed by atoms with van der Waals surface area (Å²) in [7, 11) is 0. The van der Waals surface area contributed by atoms with E-state index >= 15 is 0 Å². The van der Waals surface area contributed by atoms with Crippen molar-refractivity contribution in [2.75, 3.05) is 0 Å². The number of aromatic hydroxyl groups is 1. The van der Waals surface area contributed by atoms with Gasteiger partial charge in [-0.15, -0.1) is 6.58 Å². The number of rotatable bonds is 6. The number of unbranched alkanes of at least 4 members (excludes halogenated alkanes) is 1. The van der Waals surface area contributed by atoms with Crippen LogP contribution in [0, 0.1) is 0 Å². The fourth-order valence-corrected chi connectivity index (χ4v) is 1.88. The van der Waals surface area contributed by atoms with Gasteiger partial charge >= 0.3 is 5.97 Å². The standard InChI is InChI=1S/C14H18O3/c1-3-5-6-10(4-2)13-9-11(15)7-8-12(13)14(16)17/h4,7-10,15H,2-3,5-6H2,1H3,(H,16,17). The molecule has 0 aliphatic rings. The Morgan fingerprint density at radius 2 is 2.24 bits per heavy atom. The van der Waals surface area contributed by atoms with Gasteiger partial charge in [0, 0.05) is 5.92 Å². The fraction of sp³-hybridized carbons (Fsp3) is 0.357. The van der Waals surface area contributed by atoms with E-state index in [-0.39, 0.29) is 17.2 Å². The van der Waals surface area contributed by atoms with Crippen molar-refractivity contribution < 1.29 is 15.0 Å². The lowest BCUT2D eigenvalue weighted by molar-refractivity contribution is 0.0695. The molecule has 0 spiro atoms. The molecule has 0 fully saturated rings. The van der Waals surface area contributed by atoms with E-state index in [1.54, 1.807) is 6.08 Å². The minimum atomic E-state index is -0.969. The van der Waals surface area contributed by atoms with Crippen LogP contribution in [0.15, 0.2) is 30.9 Å². The summed E-state index contributed by atoms with van der Waals surface area (Å²) in [6.45, 7) is 5.83. The van der Waals surface area contributed by atoms with E-state index in [0.29, 0.717) is 5.56 Å². The van der Waals surface area contributed by atoms with Crippen molar-refractivity contribution in [3.8, 4) is 5.75 Å². The number of benzene rings is 1. The highest BCUT2D eigenvalue weighted by Gasteiger charge is 2.17. The van der Waals surface area contributed by atoms with Crippen LogP contribution in [0.1, 0.15) is 48.0 Å². The third-order valence-corrected chi connectivity index (χ3v) is 2.82. The lowest BCUT2D eigenvalue weighted by Crippen LogP contribution is -2.06. The summed E-state index contributed by atoms with van der Waals surface area (Å²) in [5.74, 6) is -0.898. The van der Waals surface area contributed by atoms with Gasteiger partial charge < -0.3 is 10.2 Å². The molecule has 3 nitrogen and oxygen atoms in total. The van der Waals surface area contributed by atoms with E-state index in [1.807, 2.05) is 0 Å². The quantitative estimate of drug-likeness (QED) is 0.740. The molecular formula is C14H18O3. The predicted molar refractivity (Wildman–Crippen MR) is 67.5 cm³/mol. The second-order valence-electron chi connectivity index (χ2n) is 4.06. The number of carboxylic acids is 1. The van der Waals surface area contributed by atoms with Crippen LogP contribution in [-0.4, -0.2) is 16.2 Å². The van der Waals surface area contributed by atoms with Crippen LogP contribution in [0.5, 0.6) is 5.75 Å². The minimum absolute atomic E-state index is 0.0202. The zero-order valence-electron chi connectivity index (χ0n) is 10.0. The molecule has 3 heteroatoms. The summed E-state index contributed by atoms with van der Waals surface area (Å²) in [6, 6.07) is 4.35. The molecule has 0 aromatic heterocycles. The Balaban J connectivity index is 3.11. The second-order valence-corrected chi connectivity index (χ2v) is 4.06. The van der Waals surface area contributed by atoms with Gasteiger partial charge in [-0.1, -0.05) is 25.8 Å². The van der Waals surface area contributed by atoms with Gasteiger partial charge in [0.25, 0.3) is 0 Å². The van der Waals surface area contributed by atoms with Gasteiger partial charge in [0.1, 0.15) is 5.75 Å². The minimum Gasteiger partial charge on any atom is -0.508 e. The lowest BCUT2D eigenvalue weighted by atomic mass is 9.90. The van der Waals surface area contributed by atoms with Crippen molar-refractivity contribution in [1.29, 1.82) is 0 Å². The third-order valence-electron chi connectivity index (χ3n) is 2.82. The van der Waals surface area contributed by atoms with Crippen molar-refractivity contribution in [3.05, 3.63) is 42.0 Å². The molecule has 1 rings (SSSR count). The molecule has 1 aromatic rings. The maximum absolute atomic E-state index is 11.1. The Hall–Kier alpha value is -1.77. The van der Waals surface area contributed by atoms with Crippen molar-refractivity contribution in [2.24, 2.45) is 0 Å². The molecule has 0 aliphatic heterocycles. The summed E-state index contributed by atoms with van der Waals surface area (Å²) in [5, 5.41) is 18.6. The van der Waals surface area contributed by atoms with Crippen molar-refractivity contribution >= 4 is 5.97 Å². The molecule has 0 radical (unpaired) electrons. The summed E-state index contributed by atoms with van der Waals surface area (Å²) in [5.41, 5.74) is 0.879. The first kappa shape index (κ1) is 13.3. The second kappa shape index (κ2) is 6.09. The molecule has 1 atom stereocenters. The molecule has 0 saturated heterocycles. The van der Waals surface area contributed by atoms with Crippen LogP contribution in [0.3, 0.4) is 0 Å². The average Bonchev–Trinajstić information content (AvgIpc) is 2.29. The zero-order valence-corrected chi connectivity index (χ0v) is 10.0. The Bertz CT molecular complexity index is 410. The number of phenolic OH excluding ortho intramolecular Hbond substituents is 1. The Labute approximate surface area is 101 Å². The largest absolute Gasteiger partial charge is 0.508 e. The average molecular weight is 234 g/mol. The molecule has 2 N–H and O–H groups in total. The van der Waals surface area contributed by atoms with Crippen LogP contribution in [0.2, 0.25) is 0 Å². The van der Waals surface area contributed by atoms with Gasteiger partial charge in [-0.25, -0.2) is 4.79 Å². The van der Waals surface area contributed by atoms with Gasteiger partial charge in [0.05, 0.1) is 5.56 Å². The molecule has 0 bridgehead atoms. The molecule has 0 amide bonds. The van der Waals surface area contributed by atoms with Crippen molar-refractivity contribution in [2.45, 2.75) is 32.1 Å². The number of hydrogen-bond donors (Lipinski definition) is 2. The smallest absolute Gasteiger partial charge is 0.335 e. The molecule has 17 heavy (non-hydrogen) atoms. The van der Waals surface area contributed by atoms with Crippen LogP contribution < -0.4 is 0 Å². The van der Waals surface area contributed by atoms with Gasteiger partial charge in [-0.05, 0) is 30.2 Å². The van der Waals surface area contributed by atoms with Gasteiger partial charge in [0.15, 0.2) is 0 Å². The SMILES string of the molecule is C=CC(CCCC)c1cc(O)ccc1C(=O)O. The van der Waals surface area contributed by atoms with Gasteiger partial charge in [0.2, 0.25) is 0 Å². The third kappa shape index (κ3) is 3.34. The molecule has 1 unspecified atom stereocenters. The first-order chi connectivity index (χ1) is 8.10. The maximum atomic E-state index is 11.1. The van der Waals surface area contributed by atoms with Crippen LogP contribution >= 0.6 is 0 Å². The van der Waals surface area contributed by atoms with Crippen LogP contribution in [0.4, 0.5) is 0 Å². The maximum Gasteiger partial charge on any atom is 0.335 e.